The van der Waals surface area contributed by atoms with Crippen LogP contribution in [-0.2, 0) is 24.1 Å². The first-order valence-corrected chi connectivity index (χ1v) is 14.1. The first-order valence-electron chi connectivity index (χ1n) is 13.3. The van der Waals surface area contributed by atoms with Crippen molar-refractivity contribution in [2.24, 2.45) is 0 Å². The second kappa shape index (κ2) is 10.3. The van der Waals surface area contributed by atoms with Gasteiger partial charge in [0.1, 0.15) is 5.00 Å². The summed E-state index contributed by atoms with van der Waals surface area (Å²) < 4.78 is 7.10. The summed E-state index contributed by atoms with van der Waals surface area (Å²) in [6.07, 6.45) is 6.70. The molecule has 4 aromatic rings. The van der Waals surface area contributed by atoms with Crippen molar-refractivity contribution in [3.8, 4) is 5.00 Å². The number of hydrogen-bond acceptors (Lipinski definition) is 5. The predicted octanol–water partition coefficient (Wildman–Crippen LogP) is 6.41. The Labute approximate surface area is 232 Å². The highest BCUT2D eigenvalue weighted by molar-refractivity contribution is 7.15. The third-order valence-electron chi connectivity index (χ3n) is 7.72. The number of esters is 1. The van der Waals surface area contributed by atoms with Gasteiger partial charge in [-0.1, -0.05) is 12.1 Å². The second-order valence-corrected chi connectivity index (χ2v) is 11.4. The van der Waals surface area contributed by atoms with Gasteiger partial charge in [-0.05, 0) is 85.3 Å². The number of fused-ring (bicyclic) bond motifs is 5. The summed E-state index contributed by atoms with van der Waals surface area (Å²) in [6.45, 7) is 0.523. The summed E-state index contributed by atoms with van der Waals surface area (Å²) in [5.41, 5.74) is 6.98. The maximum Gasteiger partial charge on any atom is 0.337 e. The van der Waals surface area contributed by atoms with Gasteiger partial charge in [-0.2, -0.15) is 0 Å². The van der Waals surface area contributed by atoms with E-state index in [4.69, 9.17) is 4.74 Å². The Hall–Kier alpha value is -4.04. The minimum Gasteiger partial charge on any atom is -0.465 e. The fourth-order valence-electron chi connectivity index (χ4n) is 5.69. The highest BCUT2D eigenvalue weighted by Crippen LogP contribution is 2.44. The third kappa shape index (κ3) is 4.59. The van der Waals surface area contributed by atoms with E-state index >= 15 is 0 Å². The van der Waals surface area contributed by atoms with Gasteiger partial charge in [0.2, 0.25) is 0 Å². The van der Waals surface area contributed by atoms with Gasteiger partial charge < -0.3 is 24.4 Å². The zero-order chi connectivity index (χ0) is 27.1. The zero-order valence-corrected chi connectivity index (χ0v) is 23.3. The number of anilines is 2. The van der Waals surface area contributed by atoms with Gasteiger partial charge in [-0.3, -0.25) is 0 Å². The van der Waals surface area contributed by atoms with Crippen LogP contribution in [0.5, 0.6) is 0 Å². The first-order chi connectivity index (χ1) is 18.9. The number of aromatic nitrogens is 1. The molecular formula is C31H32N4O3S. The molecule has 2 aromatic heterocycles. The van der Waals surface area contributed by atoms with E-state index in [2.05, 4.69) is 57.4 Å². The maximum atomic E-state index is 14.1. The minimum atomic E-state index is -0.405. The van der Waals surface area contributed by atoms with E-state index in [1.54, 1.807) is 24.3 Å². The lowest BCUT2D eigenvalue weighted by atomic mass is 9.95. The Balaban J connectivity index is 1.43. The van der Waals surface area contributed by atoms with Crippen LogP contribution in [0, 0.1) is 0 Å². The lowest BCUT2D eigenvalue weighted by Gasteiger charge is -2.31. The van der Waals surface area contributed by atoms with Crippen molar-refractivity contribution in [3.05, 3.63) is 99.7 Å². The number of urea groups is 1. The monoisotopic (exact) mass is 540 g/mol. The van der Waals surface area contributed by atoms with E-state index in [0.717, 1.165) is 29.8 Å². The molecule has 2 aliphatic rings. The lowest BCUT2D eigenvalue weighted by molar-refractivity contribution is 0.0600. The third-order valence-corrected chi connectivity index (χ3v) is 9.06. The highest BCUT2D eigenvalue weighted by atomic mass is 32.1. The molecule has 7 nitrogen and oxygen atoms in total. The van der Waals surface area contributed by atoms with Crippen LogP contribution in [0.15, 0.2) is 66.9 Å². The Morgan fingerprint density at radius 3 is 2.44 bits per heavy atom. The second-order valence-electron chi connectivity index (χ2n) is 10.3. The quantitative estimate of drug-likeness (QED) is 0.304. The fourth-order valence-corrected chi connectivity index (χ4v) is 7.10. The molecule has 2 aromatic carbocycles. The van der Waals surface area contributed by atoms with Crippen molar-refractivity contribution in [1.29, 1.82) is 0 Å². The summed E-state index contributed by atoms with van der Waals surface area (Å²) in [5.74, 6) is -0.405. The van der Waals surface area contributed by atoms with Crippen LogP contribution in [0.2, 0.25) is 0 Å². The van der Waals surface area contributed by atoms with E-state index in [1.807, 2.05) is 30.3 Å². The molecule has 0 spiro atoms. The van der Waals surface area contributed by atoms with Gasteiger partial charge in [0.15, 0.2) is 0 Å². The van der Waals surface area contributed by atoms with Gasteiger partial charge in [0, 0.05) is 42.1 Å². The number of amides is 2. The number of methoxy groups -OCH3 is 1. The minimum absolute atomic E-state index is 0.182. The molecule has 1 atom stereocenters. The Kier molecular flexibility index (Phi) is 6.64. The number of carbonyl (C=O) groups is 2. The lowest BCUT2D eigenvalue weighted by Crippen LogP contribution is -2.38. The Morgan fingerprint density at radius 1 is 0.974 bits per heavy atom. The summed E-state index contributed by atoms with van der Waals surface area (Å²) in [4.78, 5) is 31.5. The van der Waals surface area contributed by atoms with Crippen molar-refractivity contribution < 1.29 is 14.3 Å². The van der Waals surface area contributed by atoms with E-state index in [0.29, 0.717) is 17.8 Å². The molecule has 0 bridgehead atoms. The number of hydrogen-bond donors (Lipinski definition) is 1. The van der Waals surface area contributed by atoms with Crippen molar-refractivity contribution in [2.45, 2.75) is 38.3 Å². The van der Waals surface area contributed by atoms with Crippen LogP contribution >= 0.6 is 11.3 Å². The van der Waals surface area contributed by atoms with Crippen LogP contribution in [-0.4, -0.2) is 42.7 Å². The van der Waals surface area contributed by atoms with Crippen LogP contribution in [0.25, 0.3) is 5.00 Å². The van der Waals surface area contributed by atoms with Gasteiger partial charge in [0.05, 0.1) is 31.0 Å². The van der Waals surface area contributed by atoms with Crippen LogP contribution < -0.4 is 10.2 Å². The van der Waals surface area contributed by atoms with Crippen molar-refractivity contribution in [3.63, 3.8) is 0 Å². The van der Waals surface area contributed by atoms with Crippen LogP contribution in [0.3, 0.4) is 0 Å². The number of aryl methyl sites for hydroxylation is 1. The molecule has 0 unspecified atom stereocenters. The molecule has 0 saturated carbocycles. The van der Waals surface area contributed by atoms with E-state index in [9.17, 15) is 9.59 Å². The normalized spacial score (nSPS) is 16.0. The molecule has 200 valence electrons. The standard InChI is InChI=1S/C31H32N4O3S/c1-33(2)23-16-12-20(13-17-23)28-26-8-6-18-34(26)29-25(24-7-4-5-9-27(24)39-29)19-35(28)31(37)32-22-14-10-21(11-15-22)30(36)38-3/h6,8,10-18,28H,4-5,7,9,19H2,1-3H3,(H,32,37)/t28-/m0/s1. The summed E-state index contributed by atoms with van der Waals surface area (Å²) in [6, 6.07) is 19.0. The number of nitrogens with zero attached hydrogens (tertiary/aromatic N) is 3. The molecule has 39 heavy (non-hydrogen) atoms. The summed E-state index contributed by atoms with van der Waals surface area (Å²) in [5, 5.41) is 4.33. The van der Waals surface area contributed by atoms with Crippen molar-refractivity contribution in [1.82, 2.24) is 9.47 Å². The molecule has 8 heteroatoms. The molecule has 0 radical (unpaired) electrons. The molecule has 2 amide bonds. The van der Waals surface area contributed by atoms with Crippen molar-refractivity contribution >= 4 is 34.7 Å². The van der Waals surface area contributed by atoms with Crippen LogP contribution in [0.1, 0.15) is 56.5 Å². The molecule has 1 N–H and O–H groups in total. The highest BCUT2D eigenvalue weighted by Gasteiger charge is 2.36. The Morgan fingerprint density at radius 2 is 1.72 bits per heavy atom. The number of ether oxygens (including phenoxy) is 1. The number of carbonyl (C=O) groups excluding carboxylic acids is 2. The molecule has 1 aliphatic heterocycles. The number of rotatable bonds is 4. The van der Waals surface area contributed by atoms with Crippen LogP contribution in [0.4, 0.5) is 16.2 Å². The van der Waals surface area contributed by atoms with Crippen molar-refractivity contribution in [2.75, 3.05) is 31.4 Å². The molecule has 1 aliphatic carbocycles. The zero-order valence-electron chi connectivity index (χ0n) is 22.4. The predicted molar refractivity (Wildman–Crippen MR) is 155 cm³/mol. The van der Waals surface area contributed by atoms with Gasteiger partial charge in [0.25, 0.3) is 0 Å². The fraction of sp³-hybridized carbons (Fsp3) is 0.290. The van der Waals surface area contributed by atoms with E-state index in [-0.39, 0.29) is 12.1 Å². The maximum absolute atomic E-state index is 14.1. The molecular weight excluding hydrogens is 508 g/mol. The van der Waals surface area contributed by atoms with Gasteiger partial charge in [-0.25, -0.2) is 9.59 Å². The summed E-state index contributed by atoms with van der Waals surface area (Å²) >= 11 is 1.88. The van der Waals surface area contributed by atoms with E-state index in [1.165, 1.54) is 41.0 Å². The Bertz CT molecular complexity index is 1520. The number of thiophene rings is 1. The number of nitrogens with one attached hydrogen (secondary N) is 1. The largest absolute Gasteiger partial charge is 0.465 e. The van der Waals surface area contributed by atoms with Gasteiger partial charge >= 0.3 is 12.0 Å². The van der Waals surface area contributed by atoms with Gasteiger partial charge in [-0.15, -0.1) is 11.3 Å². The number of benzene rings is 2. The average Bonchev–Trinajstić information content (AvgIpc) is 3.55. The molecule has 0 fully saturated rings. The molecule has 0 saturated heterocycles. The summed E-state index contributed by atoms with van der Waals surface area (Å²) in [7, 11) is 5.41. The van der Waals surface area contributed by atoms with E-state index < -0.39 is 5.97 Å². The smallest absolute Gasteiger partial charge is 0.337 e. The average molecular weight is 541 g/mol. The molecule has 6 rings (SSSR count). The first kappa shape index (κ1) is 25.2. The SMILES string of the molecule is COC(=O)c1ccc(NC(=O)N2Cc3c(sc4c3CCCC4)-n3cccc3[C@@H]2c2ccc(N(C)C)cc2)cc1. The topological polar surface area (TPSA) is 66.8 Å². The molecule has 3 heterocycles.